The summed E-state index contributed by atoms with van der Waals surface area (Å²) in [5.41, 5.74) is 2.43. The Morgan fingerprint density at radius 2 is 1.70 bits per heavy atom. The Hall–Kier alpha value is -2.36. The van der Waals surface area contributed by atoms with Gasteiger partial charge in [0.05, 0.1) is 0 Å². The van der Waals surface area contributed by atoms with Crippen molar-refractivity contribution in [1.29, 1.82) is 0 Å². The fourth-order valence-electron chi connectivity index (χ4n) is 4.67. The number of hydrogen-bond donors (Lipinski definition) is 0. The van der Waals surface area contributed by atoms with Crippen molar-refractivity contribution < 1.29 is 17.6 Å². The largest absolute Gasteiger partial charge is 0.206 e. The lowest BCUT2D eigenvalue weighted by Gasteiger charge is -2.26. The van der Waals surface area contributed by atoms with Crippen molar-refractivity contribution in [1.82, 2.24) is 0 Å². The van der Waals surface area contributed by atoms with E-state index in [-0.39, 0.29) is 23.7 Å². The number of halogens is 4. The standard InChI is InChI=1S/C26H26F4/c1-2-3-4-5-6-16-7-10-20-17(13-16)8-11-21(24(20)28)18-9-12-22-19(14-18)15-23(27)26(30)25(22)29/h7-8,10-11,13,15,18H,2-6,9,12,14H2,1H3. The Morgan fingerprint density at radius 1 is 0.867 bits per heavy atom. The van der Waals surface area contributed by atoms with E-state index in [1.165, 1.54) is 24.8 Å². The normalized spacial score (nSPS) is 16.1. The molecule has 158 valence electrons. The van der Waals surface area contributed by atoms with E-state index in [0.717, 1.165) is 24.3 Å². The minimum absolute atomic E-state index is 0.181. The van der Waals surface area contributed by atoms with Gasteiger partial charge in [0.2, 0.25) is 0 Å². The third-order valence-electron chi connectivity index (χ3n) is 6.37. The van der Waals surface area contributed by atoms with E-state index in [1.807, 2.05) is 18.2 Å². The molecule has 3 aromatic carbocycles. The highest BCUT2D eigenvalue weighted by atomic mass is 19.2. The van der Waals surface area contributed by atoms with Crippen LogP contribution >= 0.6 is 0 Å². The van der Waals surface area contributed by atoms with Crippen LogP contribution in [0.1, 0.15) is 67.2 Å². The van der Waals surface area contributed by atoms with Gasteiger partial charge in [-0.1, -0.05) is 56.5 Å². The fourth-order valence-corrected chi connectivity index (χ4v) is 4.67. The predicted molar refractivity (Wildman–Crippen MR) is 113 cm³/mol. The lowest BCUT2D eigenvalue weighted by Crippen LogP contribution is -2.17. The minimum Gasteiger partial charge on any atom is -0.206 e. The van der Waals surface area contributed by atoms with Gasteiger partial charge in [-0.25, -0.2) is 17.6 Å². The Kier molecular flexibility index (Phi) is 6.12. The SMILES string of the molecule is CCCCCCc1ccc2c(F)c(C3CCc4c(cc(F)c(F)c4F)C3)ccc2c1. The molecule has 30 heavy (non-hydrogen) atoms. The van der Waals surface area contributed by atoms with Gasteiger partial charge in [0, 0.05) is 5.39 Å². The van der Waals surface area contributed by atoms with Crippen LogP contribution in [0.25, 0.3) is 10.8 Å². The molecule has 1 atom stereocenters. The molecule has 1 unspecified atom stereocenters. The summed E-state index contributed by atoms with van der Waals surface area (Å²) in [5, 5.41) is 1.45. The molecule has 0 N–H and O–H groups in total. The Morgan fingerprint density at radius 3 is 2.50 bits per heavy atom. The summed E-state index contributed by atoms with van der Waals surface area (Å²) in [6.45, 7) is 2.19. The van der Waals surface area contributed by atoms with Gasteiger partial charge in [-0.3, -0.25) is 0 Å². The predicted octanol–water partition coefficient (Wildman–Crippen LogP) is 7.79. The highest BCUT2D eigenvalue weighted by Crippen LogP contribution is 2.38. The van der Waals surface area contributed by atoms with Gasteiger partial charge in [0.1, 0.15) is 5.82 Å². The molecule has 0 saturated heterocycles. The van der Waals surface area contributed by atoms with Crippen molar-refractivity contribution in [3.63, 3.8) is 0 Å². The average Bonchev–Trinajstić information content (AvgIpc) is 2.75. The highest BCUT2D eigenvalue weighted by Gasteiger charge is 2.28. The van der Waals surface area contributed by atoms with Crippen LogP contribution < -0.4 is 0 Å². The van der Waals surface area contributed by atoms with Gasteiger partial charge in [-0.2, -0.15) is 0 Å². The van der Waals surface area contributed by atoms with Crippen LogP contribution in [-0.4, -0.2) is 0 Å². The maximum Gasteiger partial charge on any atom is 0.194 e. The number of rotatable bonds is 6. The molecule has 3 aromatic rings. The molecule has 0 saturated carbocycles. The van der Waals surface area contributed by atoms with Crippen LogP contribution in [0.3, 0.4) is 0 Å². The maximum atomic E-state index is 15.3. The second-order valence-electron chi connectivity index (χ2n) is 8.40. The second kappa shape index (κ2) is 8.79. The molecule has 0 heterocycles. The Bertz CT molecular complexity index is 1070. The van der Waals surface area contributed by atoms with Gasteiger partial charge < -0.3 is 0 Å². The number of unbranched alkanes of at least 4 members (excludes halogenated alkanes) is 3. The molecule has 4 rings (SSSR count). The molecule has 0 nitrogen and oxygen atoms in total. The zero-order chi connectivity index (χ0) is 21.3. The molecule has 0 aromatic heterocycles. The van der Waals surface area contributed by atoms with Crippen molar-refractivity contribution in [2.24, 2.45) is 0 Å². The highest BCUT2D eigenvalue weighted by molar-refractivity contribution is 5.84. The summed E-state index contributed by atoms with van der Waals surface area (Å²) in [5.74, 6) is -4.15. The number of benzene rings is 3. The monoisotopic (exact) mass is 414 g/mol. The number of aryl methyl sites for hydroxylation is 1. The van der Waals surface area contributed by atoms with Gasteiger partial charge >= 0.3 is 0 Å². The van der Waals surface area contributed by atoms with E-state index in [2.05, 4.69) is 13.0 Å². The molecule has 0 radical (unpaired) electrons. The molecule has 1 aliphatic rings. The summed E-state index contributed by atoms with van der Waals surface area (Å²) < 4.78 is 56.6. The summed E-state index contributed by atoms with van der Waals surface area (Å²) in [6.07, 6.45) is 6.85. The third-order valence-corrected chi connectivity index (χ3v) is 6.37. The number of hydrogen-bond acceptors (Lipinski definition) is 0. The van der Waals surface area contributed by atoms with Crippen molar-refractivity contribution >= 4 is 10.8 Å². The van der Waals surface area contributed by atoms with Crippen LogP contribution in [0.2, 0.25) is 0 Å². The zero-order valence-corrected chi connectivity index (χ0v) is 17.2. The molecule has 0 bridgehead atoms. The van der Waals surface area contributed by atoms with E-state index in [4.69, 9.17) is 0 Å². The summed E-state index contributed by atoms with van der Waals surface area (Å²) >= 11 is 0. The second-order valence-corrected chi connectivity index (χ2v) is 8.40. The van der Waals surface area contributed by atoms with Gasteiger partial charge in [0.15, 0.2) is 17.5 Å². The summed E-state index contributed by atoms with van der Waals surface area (Å²) in [6, 6.07) is 10.7. The molecular weight excluding hydrogens is 388 g/mol. The van der Waals surface area contributed by atoms with Crippen molar-refractivity contribution in [3.8, 4) is 0 Å². The van der Waals surface area contributed by atoms with E-state index in [9.17, 15) is 13.2 Å². The van der Waals surface area contributed by atoms with Gasteiger partial charge in [-0.05, 0) is 71.7 Å². The minimum atomic E-state index is -1.42. The van der Waals surface area contributed by atoms with Crippen molar-refractivity contribution in [2.75, 3.05) is 0 Å². The average molecular weight is 414 g/mol. The van der Waals surface area contributed by atoms with Crippen molar-refractivity contribution in [2.45, 2.75) is 64.2 Å². The first-order valence-electron chi connectivity index (χ1n) is 10.9. The maximum absolute atomic E-state index is 15.3. The van der Waals surface area contributed by atoms with Crippen LogP contribution in [0.5, 0.6) is 0 Å². The number of fused-ring (bicyclic) bond motifs is 2. The zero-order valence-electron chi connectivity index (χ0n) is 17.2. The lowest BCUT2D eigenvalue weighted by atomic mass is 9.79. The first-order chi connectivity index (χ1) is 14.5. The third kappa shape index (κ3) is 3.97. The smallest absolute Gasteiger partial charge is 0.194 e. The van der Waals surface area contributed by atoms with Crippen LogP contribution in [0.4, 0.5) is 17.6 Å². The topological polar surface area (TPSA) is 0 Å². The van der Waals surface area contributed by atoms with Crippen LogP contribution in [0.15, 0.2) is 36.4 Å². The Balaban J connectivity index is 1.58. The lowest BCUT2D eigenvalue weighted by molar-refractivity contribution is 0.427. The quantitative estimate of drug-likeness (QED) is 0.219. The van der Waals surface area contributed by atoms with Crippen LogP contribution in [-0.2, 0) is 19.3 Å². The molecule has 0 fully saturated rings. The van der Waals surface area contributed by atoms with E-state index < -0.39 is 17.5 Å². The molecule has 4 heteroatoms. The molecular formula is C26H26F4. The molecule has 0 amide bonds. The summed E-state index contributed by atoms with van der Waals surface area (Å²) in [4.78, 5) is 0. The Labute approximate surface area is 174 Å². The van der Waals surface area contributed by atoms with E-state index in [0.29, 0.717) is 29.4 Å². The summed E-state index contributed by atoms with van der Waals surface area (Å²) in [7, 11) is 0. The van der Waals surface area contributed by atoms with E-state index >= 15 is 4.39 Å². The first-order valence-corrected chi connectivity index (χ1v) is 10.9. The van der Waals surface area contributed by atoms with Crippen molar-refractivity contribution in [3.05, 3.63) is 81.9 Å². The first kappa shape index (κ1) is 20.9. The fraction of sp³-hybridized carbons (Fsp3) is 0.385. The molecule has 0 aliphatic heterocycles. The van der Waals surface area contributed by atoms with Crippen LogP contribution in [0, 0.1) is 23.3 Å². The van der Waals surface area contributed by atoms with Gasteiger partial charge in [0.25, 0.3) is 0 Å². The van der Waals surface area contributed by atoms with E-state index in [1.54, 1.807) is 6.07 Å². The molecule has 1 aliphatic carbocycles. The molecule has 0 spiro atoms. The van der Waals surface area contributed by atoms with Gasteiger partial charge in [-0.15, -0.1) is 0 Å².